The number of methoxy groups -OCH3 is 2. The van der Waals surface area contributed by atoms with E-state index in [9.17, 15) is 0 Å². The van der Waals surface area contributed by atoms with Crippen molar-refractivity contribution in [2.24, 2.45) is 5.92 Å². The van der Waals surface area contributed by atoms with Gasteiger partial charge in [0.25, 0.3) is 0 Å². The maximum Gasteiger partial charge on any atom is 0.119 e. The lowest BCUT2D eigenvalue weighted by Gasteiger charge is -2.32. The summed E-state index contributed by atoms with van der Waals surface area (Å²) in [6.07, 6.45) is 4.74. The third-order valence-electron chi connectivity index (χ3n) is 5.32. The van der Waals surface area contributed by atoms with Crippen molar-refractivity contribution in [1.82, 2.24) is 4.90 Å². The standard InChI is InChI=1S/C22H28BrNO2/c1-25-20-5-3-4-17(15-20)8-11-24-12-9-18(10-13-24)14-19-16-21(26-2)6-7-22(19)23/h3-7,15-16,18H,8-14H2,1-2H3. The van der Waals surface area contributed by atoms with Gasteiger partial charge in [-0.05, 0) is 86.1 Å². The van der Waals surface area contributed by atoms with Crippen LogP contribution in [0, 0.1) is 5.92 Å². The van der Waals surface area contributed by atoms with Gasteiger partial charge in [0.15, 0.2) is 0 Å². The summed E-state index contributed by atoms with van der Waals surface area (Å²) in [5, 5.41) is 0. The minimum absolute atomic E-state index is 0.756. The van der Waals surface area contributed by atoms with Crippen molar-refractivity contribution in [2.75, 3.05) is 33.9 Å². The van der Waals surface area contributed by atoms with Crippen LogP contribution < -0.4 is 9.47 Å². The van der Waals surface area contributed by atoms with E-state index in [-0.39, 0.29) is 0 Å². The van der Waals surface area contributed by atoms with Gasteiger partial charge in [-0.1, -0.05) is 28.1 Å². The maximum absolute atomic E-state index is 5.37. The van der Waals surface area contributed by atoms with Gasteiger partial charge in [0.05, 0.1) is 14.2 Å². The molecule has 1 fully saturated rings. The molecule has 2 aromatic rings. The molecular formula is C22H28BrNO2. The Bertz CT molecular complexity index is 711. The molecule has 1 heterocycles. The first-order chi connectivity index (χ1) is 12.7. The zero-order chi connectivity index (χ0) is 18.4. The summed E-state index contributed by atoms with van der Waals surface area (Å²) in [4.78, 5) is 2.59. The number of hydrogen-bond acceptors (Lipinski definition) is 3. The van der Waals surface area contributed by atoms with E-state index in [2.05, 4.69) is 51.2 Å². The Hall–Kier alpha value is -1.52. The molecule has 2 aromatic carbocycles. The first-order valence-corrected chi connectivity index (χ1v) is 10.1. The van der Waals surface area contributed by atoms with Crippen molar-refractivity contribution in [2.45, 2.75) is 25.7 Å². The number of halogens is 1. The number of piperidine rings is 1. The highest BCUT2D eigenvalue weighted by Gasteiger charge is 2.20. The van der Waals surface area contributed by atoms with Crippen molar-refractivity contribution in [3.8, 4) is 11.5 Å². The molecule has 1 aliphatic heterocycles. The Kier molecular flexibility index (Phi) is 6.98. The van der Waals surface area contributed by atoms with Gasteiger partial charge in [0.1, 0.15) is 11.5 Å². The fourth-order valence-corrected chi connectivity index (χ4v) is 4.08. The second-order valence-electron chi connectivity index (χ2n) is 7.05. The Labute approximate surface area is 165 Å². The molecule has 1 saturated heterocycles. The SMILES string of the molecule is COc1cccc(CCN2CCC(Cc3cc(OC)ccc3Br)CC2)c1. The molecular weight excluding hydrogens is 390 g/mol. The fourth-order valence-electron chi connectivity index (χ4n) is 3.67. The summed E-state index contributed by atoms with van der Waals surface area (Å²) in [5.74, 6) is 2.65. The second-order valence-corrected chi connectivity index (χ2v) is 7.90. The van der Waals surface area contributed by atoms with Gasteiger partial charge >= 0.3 is 0 Å². The Morgan fingerprint density at radius 2 is 1.73 bits per heavy atom. The highest BCUT2D eigenvalue weighted by Crippen LogP contribution is 2.28. The first-order valence-electron chi connectivity index (χ1n) is 9.35. The van der Waals surface area contributed by atoms with Crippen LogP contribution in [-0.2, 0) is 12.8 Å². The van der Waals surface area contributed by atoms with E-state index in [0.717, 1.165) is 36.8 Å². The highest BCUT2D eigenvalue weighted by molar-refractivity contribution is 9.10. The maximum atomic E-state index is 5.37. The van der Waals surface area contributed by atoms with Gasteiger partial charge in [-0.2, -0.15) is 0 Å². The number of benzene rings is 2. The molecule has 3 rings (SSSR count). The number of ether oxygens (including phenoxy) is 2. The fraction of sp³-hybridized carbons (Fsp3) is 0.455. The number of nitrogens with zero attached hydrogens (tertiary/aromatic N) is 1. The van der Waals surface area contributed by atoms with E-state index in [1.165, 1.54) is 41.5 Å². The third-order valence-corrected chi connectivity index (χ3v) is 6.09. The molecule has 0 unspecified atom stereocenters. The van der Waals surface area contributed by atoms with Gasteiger partial charge < -0.3 is 14.4 Å². The highest BCUT2D eigenvalue weighted by atomic mass is 79.9. The van der Waals surface area contributed by atoms with Gasteiger partial charge in [0, 0.05) is 11.0 Å². The van der Waals surface area contributed by atoms with Crippen LogP contribution in [-0.4, -0.2) is 38.8 Å². The van der Waals surface area contributed by atoms with E-state index in [1.54, 1.807) is 14.2 Å². The molecule has 0 aromatic heterocycles. The summed E-state index contributed by atoms with van der Waals surface area (Å²) in [6.45, 7) is 3.51. The molecule has 140 valence electrons. The lowest BCUT2D eigenvalue weighted by Crippen LogP contribution is -2.35. The molecule has 0 saturated carbocycles. The van der Waals surface area contributed by atoms with Crippen molar-refractivity contribution < 1.29 is 9.47 Å². The number of likely N-dealkylation sites (tertiary alicyclic amines) is 1. The van der Waals surface area contributed by atoms with Crippen LogP contribution in [0.5, 0.6) is 11.5 Å². The zero-order valence-electron chi connectivity index (χ0n) is 15.7. The average molecular weight is 418 g/mol. The summed E-state index contributed by atoms with van der Waals surface area (Å²) < 4.78 is 11.9. The van der Waals surface area contributed by atoms with E-state index in [0.29, 0.717) is 0 Å². The zero-order valence-corrected chi connectivity index (χ0v) is 17.3. The summed E-state index contributed by atoms with van der Waals surface area (Å²) >= 11 is 3.68. The molecule has 0 N–H and O–H groups in total. The molecule has 3 nitrogen and oxygen atoms in total. The lowest BCUT2D eigenvalue weighted by atomic mass is 9.90. The van der Waals surface area contributed by atoms with Crippen LogP contribution in [0.15, 0.2) is 46.9 Å². The summed E-state index contributed by atoms with van der Waals surface area (Å²) in [5.41, 5.74) is 2.71. The van der Waals surface area contributed by atoms with E-state index in [1.807, 2.05) is 12.1 Å². The second kappa shape index (κ2) is 9.43. The van der Waals surface area contributed by atoms with Gasteiger partial charge in [0.2, 0.25) is 0 Å². The van der Waals surface area contributed by atoms with E-state index < -0.39 is 0 Å². The van der Waals surface area contributed by atoms with Gasteiger partial charge in [-0.15, -0.1) is 0 Å². The van der Waals surface area contributed by atoms with Crippen LogP contribution in [0.3, 0.4) is 0 Å². The monoisotopic (exact) mass is 417 g/mol. The molecule has 0 amide bonds. The minimum atomic E-state index is 0.756. The van der Waals surface area contributed by atoms with Crippen LogP contribution in [0.1, 0.15) is 24.0 Å². The topological polar surface area (TPSA) is 21.7 Å². The van der Waals surface area contributed by atoms with Crippen molar-refractivity contribution in [3.63, 3.8) is 0 Å². The van der Waals surface area contributed by atoms with Crippen LogP contribution in [0.25, 0.3) is 0 Å². The van der Waals surface area contributed by atoms with Crippen LogP contribution in [0.4, 0.5) is 0 Å². The van der Waals surface area contributed by atoms with Gasteiger partial charge in [-0.3, -0.25) is 0 Å². The summed E-state index contributed by atoms with van der Waals surface area (Å²) in [7, 11) is 3.46. The molecule has 0 spiro atoms. The first kappa shape index (κ1) is 19.2. The predicted molar refractivity (Wildman–Crippen MR) is 110 cm³/mol. The van der Waals surface area contributed by atoms with E-state index >= 15 is 0 Å². The predicted octanol–water partition coefficient (Wildman–Crippen LogP) is 4.96. The van der Waals surface area contributed by atoms with Crippen molar-refractivity contribution in [1.29, 1.82) is 0 Å². The van der Waals surface area contributed by atoms with E-state index in [4.69, 9.17) is 9.47 Å². The lowest BCUT2D eigenvalue weighted by molar-refractivity contribution is 0.185. The quantitative estimate of drug-likeness (QED) is 0.634. The molecule has 0 bridgehead atoms. The van der Waals surface area contributed by atoms with Crippen molar-refractivity contribution in [3.05, 3.63) is 58.1 Å². The van der Waals surface area contributed by atoms with Crippen LogP contribution in [0.2, 0.25) is 0 Å². The number of hydrogen-bond donors (Lipinski definition) is 0. The minimum Gasteiger partial charge on any atom is -0.497 e. The Morgan fingerprint density at radius 3 is 2.46 bits per heavy atom. The molecule has 0 aliphatic carbocycles. The molecule has 0 radical (unpaired) electrons. The largest absolute Gasteiger partial charge is 0.497 e. The Morgan fingerprint density at radius 1 is 1.00 bits per heavy atom. The average Bonchev–Trinajstić information content (AvgIpc) is 2.69. The van der Waals surface area contributed by atoms with Crippen molar-refractivity contribution >= 4 is 15.9 Å². The molecule has 4 heteroatoms. The number of rotatable bonds is 7. The molecule has 26 heavy (non-hydrogen) atoms. The third kappa shape index (κ3) is 5.24. The van der Waals surface area contributed by atoms with Crippen LogP contribution >= 0.6 is 15.9 Å². The molecule has 0 atom stereocenters. The smallest absolute Gasteiger partial charge is 0.119 e. The molecule has 1 aliphatic rings. The normalized spacial score (nSPS) is 15.8. The summed E-state index contributed by atoms with van der Waals surface area (Å²) in [6, 6.07) is 14.7. The Balaban J connectivity index is 1.47. The van der Waals surface area contributed by atoms with Gasteiger partial charge in [-0.25, -0.2) is 0 Å².